The number of rotatable bonds is 5. The first-order chi connectivity index (χ1) is 10.1. The Bertz CT molecular complexity index is 679. The number of nitrogens with two attached hydrogens (primary N) is 1. The van der Waals surface area contributed by atoms with Crippen molar-refractivity contribution >= 4 is 40.2 Å². The monoisotopic (exact) mass is 323 g/mol. The van der Waals surface area contributed by atoms with Gasteiger partial charge in [0.25, 0.3) is 0 Å². The number of anilines is 2. The fraction of sp³-hybridized carbons (Fsp3) is 0.143. The summed E-state index contributed by atoms with van der Waals surface area (Å²) in [6.45, 7) is 0. The summed E-state index contributed by atoms with van der Waals surface area (Å²) in [5, 5.41) is 3.64. The minimum atomic E-state index is 0.278. The van der Waals surface area contributed by atoms with Crippen LogP contribution in [0, 0.1) is 0 Å². The van der Waals surface area contributed by atoms with E-state index >= 15 is 0 Å². The summed E-state index contributed by atoms with van der Waals surface area (Å²) in [6.07, 6.45) is 3.26. The SMILES string of the molecule is COc1cc(Nc2cnccc2C(N)=S)c(OC)cc1Cl. The molecule has 0 aliphatic rings. The Labute approximate surface area is 133 Å². The number of nitrogens with one attached hydrogen (secondary N) is 1. The molecule has 0 saturated heterocycles. The van der Waals surface area contributed by atoms with Gasteiger partial charge in [0.15, 0.2) is 0 Å². The van der Waals surface area contributed by atoms with E-state index in [1.165, 1.54) is 0 Å². The normalized spacial score (nSPS) is 10.0. The number of hydrogen-bond acceptors (Lipinski definition) is 5. The Hall–Kier alpha value is -2.05. The molecular formula is C14H14ClN3O2S. The summed E-state index contributed by atoms with van der Waals surface area (Å²) in [7, 11) is 3.10. The summed E-state index contributed by atoms with van der Waals surface area (Å²) in [5.41, 5.74) is 7.74. The molecule has 1 aromatic carbocycles. The van der Waals surface area contributed by atoms with E-state index in [1.807, 2.05) is 0 Å². The van der Waals surface area contributed by atoms with Gasteiger partial charge in [0, 0.05) is 23.9 Å². The van der Waals surface area contributed by atoms with Gasteiger partial charge in [-0.3, -0.25) is 4.98 Å². The van der Waals surface area contributed by atoms with Gasteiger partial charge in [-0.1, -0.05) is 23.8 Å². The van der Waals surface area contributed by atoms with E-state index in [0.717, 1.165) is 0 Å². The molecule has 5 nitrogen and oxygen atoms in total. The third kappa shape index (κ3) is 3.34. The Kier molecular flexibility index (Phi) is 4.82. The van der Waals surface area contributed by atoms with Crippen LogP contribution in [0.15, 0.2) is 30.6 Å². The first kappa shape index (κ1) is 15.3. The predicted molar refractivity (Wildman–Crippen MR) is 88.0 cm³/mol. The van der Waals surface area contributed by atoms with Gasteiger partial charge in [-0.2, -0.15) is 0 Å². The zero-order chi connectivity index (χ0) is 15.4. The second-order valence-corrected chi connectivity index (χ2v) is 4.94. The van der Waals surface area contributed by atoms with Gasteiger partial charge < -0.3 is 20.5 Å². The molecule has 1 heterocycles. The fourth-order valence-corrected chi connectivity index (χ4v) is 2.22. The largest absolute Gasteiger partial charge is 0.495 e. The number of halogens is 1. The number of nitrogens with zero attached hydrogens (tertiary/aromatic N) is 1. The predicted octanol–water partition coefficient (Wildman–Crippen LogP) is 3.13. The molecule has 0 amide bonds. The van der Waals surface area contributed by atoms with Gasteiger partial charge in [-0.25, -0.2) is 0 Å². The second-order valence-electron chi connectivity index (χ2n) is 4.10. The number of thiocarbonyl (C=S) groups is 1. The zero-order valence-corrected chi connectivity index (χ0v) is 13.1. The van der Waals surface area contributed by atoms with Crippen molar-refractivity contribution in [1.29, 1.82) is 0 Å². The molecule has 0 aliphatic carbocycles. The highest BCUT2D eigenvalue weighted by atomic mass is 35.5. The van der Waals surface area contributed by atoms with Crippen LogP contribution in [0.2, 0.25) is 5.02 Å². The van der Waals surface area contributed by atoms with E-state index < -0.39 is 0 Å². The van der Waals surface area contributed by atoms with E-state index in [9.17, 15) is 0 Å². The van der Waals surface area contributed by atoms with Crippen LogP contribution in [-0.4, -0.2) is 24.2 Å². The highest BCUT2D eigenvalue weighted by Gasteiger charge is 2.12. The number of benzene rings is 1. The lowest BCUT2D eigenvalue weighted by molar-refractivity contribution is 0.405. The third-order valence-electron chi connectivity index (χ3n) is 2.83. The molecule has 0 bridgehead atoms. The maximum atomic E-state index is 6.08. The Balaban J connectivity index is 2.46. The molecule has 0 unspecified atom stereocenters. The van der Waals surface area contributed by atoms with E-state index in [-0.39, 0.29) is 4.99 Å². The minimum Gasteiger partial charge on any atom is -0.495 e. The van der Waals surface area contributed by atoms with Crippen LogP contribution < -0.4 is 20.5 Å². The average Bonchev–Trinajstić information content (AvgIpc) is 2.48. The molecule has 0 aliphatic heterocycles. The smallest absolute Gasteiger partial charge is 0.144 e. The van der Waals surface area contributed by atoms with Crippen LogP contribution in [0.25, 0.3) is 0 Å². The van der Waals surface area contributed by atoms with Gasteiger partial charge >= 0.3 is 0 Å². The molecule has 21 heavy (non-hydrogen) atoms. The van der Waals surface area contributed by atoms with Crippen molar-refractivity contribution in [3.05, 3.63) is 41.2 Å². The molecule has 0 atom stereocenters. The fourth-order valence-electron chi connectivity index (χ4n) is 1.81. The molecule has 0 radical (unpaired) electrons. The van der Waals surface area contributed by atoms with Gasteiger partial charge in [0.1, 0.15) is 16.5 Å². The summed E-state index contributed by atoms with van der Waals surface area (Å²) in [4.78, 5) is 4.34. The van der Waals surface area contributed by atoms with Crippen molar-refractivity contribution in [2.24, 2.45) is 5.73 Å². The lowest BCUT2D eigenvalue weighted by Crippen LogP contribution is -2.12. The van der Waals surface area contributed by atoms with Gasteiger partial charge in [0.05, 0.1) is 36.8 Å². The van der Waals surface area contributed by atoms with Crippen molar-refractivity contribution in [2.45, 2.75) is 0 Å². The summed E-state index contributed by atoms with van der Waals surface area (Å²) in [6, 6.07) is 5.14. The minimum absolute atomic E-state index is 0.278. The first-order valence-corrected chi connectivity index (χ1v) is 6.77. The van der Waals surface area contributed by atoms with Crippen LogP contribution >= 0.6 is 23.8 Å². The van der Waals surface area contributed by atoms with Crippen molar-refractivity contribution in [2.75, 3.05) is 19.5 Å². The van der Waals surface area contributed by atoms with Crippen LogP contribution in [0.4, 0.5) is 11.4 Å². The molecular weight excluding hydrogens is 310 g/mol. The Morgan fingerprint density at radius 1 is 1.24 bits per heavy atom. The second kappa shape index (κ2) is 6.60. The first-order valence-electron chi connectivity index (χ1n) is 5.99. The lowest BCUT2D eigenvalue weighted by Gasteiger charge is -2.15. The molecule has 2 rings (SSSR count). The van der Waals surface area contributed by atoms with Crippen LogP contribution in [-0.2, 0) is 0 Å². The quantitative estimate of drug-likeness (QED) is 0.824. The highest BCUT2D eigenvalue weighted by molar-refractivity contribution is 7.80. The van der Waals surface area contributed by atoms with Crippen LogP contribution in [0.3, 0.4) is 0 Å². The number of pyridine rings is 1. The summed E-state index contributed by atoms with van der Waals surface area (Å²) in [5.74, 6) is 1.10. The molecule has 1 aromatic heterocycles. The number of ether oxygens (including phenoxy) is 2. The molecule has 2 aromatic rings. The number of hydrogen-bond donors (Lipinski definition) is 2. The molecule has 7 heteroatoms. The van der Waals surface area contributed by atoms with Gasteiger partial charge in [-0.15, -0.1) is 0 Å². The summed E-state index contributed by atoms with van der Waals surface area (Å²) >= 11 is 11.1. The lowest BCUT2D eigenvalue weighted by atomic mass is 10.2. The van der Waals surface area contributed by atoms with Gasteiger partial charge in [-0.05, 0) is 6.07 Å². The summed E-state index contributed by atoms with van der Waals surface area (Å²) < 4.78 is 10.5. The van der Waals surface area contributed by atoms with Crippen LogP contribution in [0.5, 0.6) is 11.5 Å². The Morgan fingerprint density at radius 3 is 2.57 bits per heavy atom. The maximum Gasteiger partial charge on any atom is 0.144 e. The maximum absolute atomic E-state index is 6.08. The number of methoxy groups -OCH3 is 2. The molecule has 0 spiro atoms. The van der Waals surface area contributed by atoms with Crippen molar-refractivity contribution < 1.29 is 9.47 Å². The molecule has 0 saturated carbocycles. The standard InChI is InChI=1S/C14H14ClN3O2S/c1-19-12-6-10(13(20-2)5-9(12)15)18-11-7-17-4-3-8(11)14(16)21/h3-7,18H,1-2H3,(H2,16,21). The number of aromatic nitrogens is 1. The van der Waals surface area contributed by atoms with E-state index in [0.29, 0.717) is 33.5 Å². The Morgan fingerprint density at radius 2 is 1.95 bits per heavy atom. The van der Waals surface area contributed by atoms with E-state index in [4.69, 9.17) is 39.0 Å². The van der Waals surface area contributed by atoms with E-state index in [2.05, 4.69) is 10.3 Å². The van der Waals surface area contributed by atoms with Crippen molar-refractivity contribution in [1.82, 2.24) is 4.98 Å². The van der Waals surface area contributed by atoms with Crippen molar-refractivity contribution in [3.8, 4) is 11.5 Å². The highest BCUT2D eigenvalue weighted by Crippen LogP contribution is 2.37. The molecule has 110 valence electrons. The molecule has 0 fully saturated rings. The van der Waals surface area contributed by atoms with E-state index in [1.54, 1.807) is 44.8 Å². The zero-order valence-electron chi connectivity index (χ0n) is 11.5. The van der Waals surface area contributed by atoms with Gasteiger partial charge in [0.2, 0.25) is 0 Å². The van der Waals surface area contributed by atoms with Crippen molar-refractivity contribution in [3.63, 3.8) is 0 Å². The van der Waals surface area contributed by atoms with Crippen LogP contribution in [0.1, 0.15) is 5.56 Å². The average molecular weight is 324 g/mol. The topological polar surface area (TPSA) is 69.4 Å². The molecule has 3 N–H and O–H groups in total. The third-order valence-corrected chi connectivity index (χ3v) is 3.35.